The molecule has 0 unspecified atom stereocenters. The second kappa shape index (κ2) is 12.6. The van der Waals surface area contributed by atoms with Crippen molar-refractivity contribution in [2.45, 2.75) is 118 Å². The summed E-state index contributed by atoms with van der Waals surface area (Å²) in [7, 11) is -4.63. The number of esters is 2. The molecular weight excluding hydrogens is 511 g/mol. The number of carbonyl (C=O) groups is 2. The van der Waals surface area contributed by atoms with E-state index in [-0.39, 0.29) is 16.0 Å². The van der Waals surface area contributed by atoms with Crippen LogP contribution in [0.4, 0.5) is 0 Å². The van der Waals surface area contributed by atoms with Gasteiger partial charge in [0.1, 0.15) is 0 Å². The topological polar surface area (TPSA) is 96.0 Å². The fourth-order valence-corrected chi connectivity index (χ4v) is 17.3. The predicted molar refractivity (Wildman–Crippen MR) is 146 cm³/mol. The molecule has 37 heavy (non-hydrogen) atoms. The quantitative estimate of drug-likeness (QED) is 0.263. The summed E-state index contributed by atoms with van der Waals surface area (Å²) in [6.45, 7) is 0. The Balaban J connectivity index is 1.83. The van der Waals surface area contributed by atoms with Crippen LogP contribution in [0.15, 0.2) is 23.1 Å². The van der Waals surface area contributed by atoms with E-state index in [9.17, 15) is 18.0 Å². The molecular formula is C28H43O7PS. The number of carbonyl (C=O) groups excluding carboxylic acids is 2. The number of hydrogen-bond donors (Lipinski definition) is 0. The van der Waals surface area contributed by atoms with Gasteiger partial charge in [-0.15, -0.1) is 0 Å². The van der Waals surface area contributed by atoms with Gasteiger partial charge in [0.15, 0.2) is 0 Å². The van der Waals surface area contributed by atoms with E-state index in [1.165, 1.54) is 51.7 Å². The standard InChI is InChI=1S/C28H43O7PS/c1-33-27(29)21-18-22(28(30)34-2)20-26(19-21)37(31,32)35-36(23-12-6-3-7-13-23,24-14-8-4-9-15-24)25-16-10-5-11-17-25/h18-20,23-25,36H,3-17H2,1-2H3. The van der Waals surface area contributed by atoms with E-state index in [4.69, 9.17) is 13.4 Å². The molecule has 0 aromatic heterocycles. The third-order valence-corrected chi connectivity index (χ3v) is 17.4. The van der Waals surface area contributed by atoms with Crippen LogP contribution in [0.5, 0.6) is 0 Å². The zero-order valence-corrected chi connectivity index (χ0v) is 24.2. The van der Waals surface area contributed by atoms with E-state index in [0.29, 0.717) is 17.0 Å². The van der Waals surface area contributed by atoms with Crippen molar-refractivity contribution in [1.29, 1.82) is 0 Å². The van der Waals surface area contributed by atoms with Gasteiger partial charge in [-0.05, 0) is 0 Å². The Morgan fingerprint density at radius 2 is 1.00 bits per heavy atom. The zero-order valence-electron chi connectivity index (χ0n) is 22.3. The monoisotopic (exact) mass is 554 g/mol. The summed E-state index contributed by atoms with van der Waals surface area (Å²) in [4.78, 5) is 24.6. The van der Waals surface area contributed by atoms with Gasteiger partial charge in [-0.2, -0.15) is 0 Å². The molecule has 4 rings (SSSR count). The van der Waals surface area contributed by atoms with Crippen LogP contribution in [0.3, 0.4) is 0 Å². The fraction of sp³-hybridized carbons (Fsp3) is 0.714. The number of benzene rings is 1. The van der Waals surface area contributed by atoms with Gasteiger partial charge in [0.2, 0.25) is 0 Å². The van der Waals surface area contributed by atoms with Crippen molar-refractivity contribution in [3.63, 3.8) is 0 Å². The van der Waals surface area contributed by atoms with Crippen molar-refractivity contribution >= 4 is 29.5 Å². The molecule has 1 aromatic carbocycles. The molecule has 3 saturated carbocycles. The molecule has 3 aliphatic carbocycles. The van der Waals surface area contributed by atoms with Gasteiger partial charge in [0.25, 0.3) is 0 Å². The second-order valence-corrected chi connectivity index (χ2v) is 17.3. The van der Waals surface area contributed by atoms with Crippen molar-refractivity contribution in [3.05, 3.63) is 29.3 Å². The van der Waals surface area contributed by atoms with Crippen molar-refractivity contribution in [2.75, 3.05) is 14.2 Å². The predicted octanol–water partition coefficient (Wildman–Crippen LogP) is 6.63. The van der Waals surface area contributed by atoms with Crippen LogP contribution < -0.4 is 0 Å². The van der Waals surface area contributed by atoms with E-state index < -0.39 is 29.5 Å². The molecule has 3 aliphatic rings. The molecule has 0 bridgehead atoms. The molecule has 0 saturated heterocycles. The van der Waals surface area contributed by atoms with Crippen LogP contribution in [0.1, 0.15) is 117 Å². The Bertz CT molecular complexity index is 972. The first kappa shape index (κ1) is 28.5. The van der Waals surface area contributed by atoms with E-state index in [1.54, 1.807) is 0 Å². The number of rotatable bonds is 8. The molecule has 0 aliphatic heterocycles. The zero-order chi connectivity index (χ0) is 26.5. The van der Waals surface area contributed by atoms with E-state index >= 15 is 0 Å². The number of methoxy groups -OCH3 is 2. The summed E-state index contributed by atoms with van der Waals surface area (Å²) >= 11 is 0. The van der Waals surface area contributed by atoms with Gasteiger partial charge in [-0.3, -0.25) is 0 Å². The average molecular weight is 555 g/mol. The van der Waals surface area contributed by atoms with Crippen molar-refractivity contribution < 1.29 is 31.5 Å². The number of hydrogen-bond acceptors (Lipinski definition) is 7. The third-order valence-electron chi connectivity index (χ3n) is 9.02. The molecule has 208 valence electrons. The van der Waals surface area contributed by atoms with Crippen LogP contribution >= 0.6 is 7.49 Å². The van der Waals surface area contributed by atoms with Crippen molar-refractivity contribution in [2.24, 2.45) is 0 Å². The first-order valence-electron chi connectivity index (χ1n) is 14.1. The summed E-state index contributed by atoms with van der Waals surface area (Å²) in [6.07, 6.45) is 16.7. The SMILES string of the molecule is COC(=O)c1cc(C(=O)OC)cc(S(=O)(=O)O[PH](C2CCCCC2)(C2CCCCC2)C2CCCCC2)c1. The van der Waals surface area contributed by atoms with E-state index in [0.717, 1.165) is 77.0 Å². The molecule has 0 heterocycles. The Morgan fingerprint density at radius 1 is 0.649 bits per heavy atom. The van der Waals surface area contributed by atoms with Crippen LogP contribution in [-0.2, 0) is 23.6 Å². The Kier molecular flexibility index (Phi) is 9.68. The Hall–Kier alpha value is -1.50. The van der Waals surface area contributed by atoms with Crippen LogP contribution in [0.25, 0.3) is 0 Å². The minimum atomic E-state index is -4.25. The third kappa shape index (κ3) is 6.23. The normalized spacial score (nSPS) is 21.4. The van der Waals surface area contributed by atoms with E-state index in [2.05, 4.69) is 0 Å². The summed E-state index contributed by atoms with van der Waals surface area (Å²) in [5.74, 6) is -1.42. The molecule has 0 spiro atoms. The van der Waals surface area contributed by atoms with Crippen LogP contribution in [-0.4, -0.2) is 51.6 Å². The summed E-state index contributed by atoms with van der Waals surface area (Å²) in [5, 5.41) is 0. The fourth-order valence-electron chi connectivity index (χ4n) is 7.32. The average Bonchev–Trinajstić information content (AvgIpc) is 2.96. The molecule has 0 amide bonds. The second-order valence-electron chi connectivity index (χ2n) is 11.1. The van der Waals surface area contributed by atoms with Gasteiger partial charge in [-0.1, -0.05) is 0 Å². The van der Waals surface area contributed by atoms with Gasteiger partial charge < -0.3 is 0 Å². The molecule has 1 aromatic rings. The van der Waals surface area contributed by atoms with Gasteiger partial charge in [0.05, 0.1) is 0 Å². The molecule has 3 fully saturated rings. The maximum absolute atomic E-state index is 14.2. The molecule has 7 nitrogen and oxygen atoms in total. The van der Waals surface area contributed by atoms with Crippen molar-refractivity contribution in [3.8, 4) is 0 Å². The van der Waals surface area contributed by atoms with Gasteiger partial charge >= 0.3 is 223 Å². The Labute approximate surface area is 222 Å². The summed E-state index contributed by atoms with van der Waals surface area (Å²) < 4.78 is 44.9. The van der Waals surface area contributed by atoms with Gasteiger partial charge in [-0.25, -0.2) is 0 Å². The Morgan fingerprint density at radius 3 is 1.32 bits per heavy atom. The molecule has 9 heteroatoms. The molecule has 0 atom stereocenters. The maximum atomic E-state index is 14.2. The van der Waals surface area contributed by atoms with Crippen LogP contribution in [0, 0.1) is 0 Å². The minimum absolute atomic E-state index is 0.00663. The first-order chi connectivity index (χ1) is 17.8. The summed E-state index contributed by atoms with van der Waals surface area (Å²) in [6, 6.07) is 3.88. The molecule has 0 N–H and O–H groups in total. The van der Waals surface area contributed by atoms with Crippen molar-refractivity contribution in [1.82, 2.24) is 0 Å². The first-order valence-corrected chi connectivity index (χ1v) is 17.6. The van der Waals surface area contributed by atoms with E-state index in [1.807, 2.05) is 0 Å². The van der Waals surface area contributed by atoms with Gasteiger partial charge in [0, 0.05) is 0 Å². The number of ether oxygens (including phenoxy) is 2. The summed E-state index contributed by atoms with van der Waals surface area (Å²) in [5.41, 5.74) is 0.962. The van der Waals surface area contributed by atoms with Crippen LogP contribution in [0.2, 0.25) is 0 Å². The molecule has 0 radical (unpaired) electrons.